The predicted octanol–water partition coefficient (Wildman–Crippen LogP) is 6.22. The molecule has 0 saturated carbocycles. The van der Waals surface area contributed by atoms with E-state index in [1.807, 2.05) is 0 Å². The normalized spacial score (nSPS) is 13.6. The first-order chi connectivity index (χ1) is 13.1. The van der Waals surface area contributed by atoms with E-state index >= 15 is 0 Å². The van der Waals surface area contributed by atoms with Gasteiger partial charge in [0.1, 0.15) is 0 Å². The van der Waals surface area contributed by atoms with Crippen molar-refractivity contribution in [3.05, 3.63) is 34.9 Å². The first kappa shape index (κ1) is 25.9. The quantitative estimate of drug-likeness (QED) is 0.264. The summed E-state index contributed by atoms with van der Waals surface area (Å²) in [6, 6.07) is 1.91. The van der Waals surface area contributed by atoms with Gasteiger partial charge in [0.25, 0.3) is 0 Å². The van der Waals surface area contributed by atoms with Crippen LogP contribution in [0.3, 0.4) is 0 Å². The molecular weight excluding hydrogens is 418 g/mol. The number of hydrogen-bond acceptors (Lipinski definition) is 3. The Morgan fingerprint density at radius 3 is 1.62 bits per heavy atom. The molecule has 0 bridgehead atoms. The molecule has 0 heterocycles. The van der Waals surface area contributed by atoms with Gasteiger partial charge in [-0.2, -0.15) is 26.3 Å². The molecule has 0 aliphatic rings. The summed E-state index contributed by atoms with van der Waals surface area (Å²) in [5, 5.41) is 0. The standard InChI is InChI=1S/C19H28F6O3Si/c1-13(2)27-29(26,28-14(3)4)9-7-5-6-8-15-10-16(18(20,21)22)12-17(11-15)19(23,24)25/h10-14,26H,5-9H2,1-4H3. The molecule has 0 unspecified atom stereocenters. The molecule has 0 atom stereocenters. The largest absolute Gasteiger partial charge is 0.498 e. The van der Waals surface area contributed by atoms with Gasteiger partial charge >= 0.3 is 21.2 Å². The van der Waals surface area contributed by atoms with Gasteiger partial charge in [-0.3, -0.25) is 0 Å². The third-order valence-electron chi connectivity index (χ3n) is 3.95. The van der Waals surface area contributed by atoms with Gasteiger partial charge in [-0.05, 0) is 70.7 Å². The van der Waals surface area contributed by atoms with E-state index in [1.165, 1.54) is 0 Å². The Labute approximate surface area is 168 Å². The van der Waals surface area contributed by atoms with Crippen molar-refractivity contribution < 1.29 is 40.0 Å². The summed E-state index contributed by atoms with van der Waals surface area (Å²) in [4.78, 5) is 10.6. The summed E-state index contributed by atoms with van der Waals surface area (Å²) < 4.78 is 88.5. The molecule has 29 heavy (non-hydrogen) atoms. The zero-order valence-corrected chi connectivity index (χ0v) is 18.0. The molecule has 1 rings (SSSR count). The third-order valence-corrected chi connectivity index (χ3v) is 6.61. The second kappa shape index (κ2) is 10.3. The molecule has 168 valence electrons. The van der Waals surface area contributed by atoms with Crippen LogP contribution in [0, 0.1) is 0 Å². The van der Waals surface area contributed by atoms with E-state index in [1.54, 1.807) is 27.7 Å². The van der Waals surface area contributed by atoms with E-state index in [2.05, 4.69) is 0 Å². The number of halogens is 6. The minimum absolute atomic E-state index is 0.0171. The molecule has 0 saturated heterocycles. The van der Waals surface area contributed by atoms with Crippen molar-refractivity contribution in [3.8, 4) is 0 Å². The van der Waals surface area contributed by atoms with Crippen LogP contribution in [-0.2, 0) is 27.6 Å². The molecule has 0 aliphatic heterocycles. The van der Waals surface area contributed by atoms with Crippen molar-refractivity contribution in [1.29, 1.82) is 0 Å². The molecule has 1 aromatic carbocycles. The Kier molecular flexibility index (Phi) is 9.19. The summed E-state index contributed by atoms with van der Waals surface area (Å²) in [7, 11) is -3.37. The van der Waals surface area contributed by atoms with E-state index in [0.717, 1.165) is 12.1 Å². The summed E-state index contributed by atoms with van der Waals surface area (Å²) in [6.07, 6.45) is -8.69. The highest BCUT2D eigenvalue weighted by Crippen LogP contribution is 2.36. The zero-order valence-electron chi connectivity index (χ0n) is 17.0. The number of rotatable bonds is 10. The Morgan fingerprint density at radius 2 is 1.24 bits per heavy atom. The highest BCUT2D eigenvalue weighted by molar-refractivity contribution is 6.59. The van der Waals surface area contributed by atoms with Crippen LogP contribution >= 0.6 is 0 Å². The molecule has 1 N–H and O–H groups in total. The van der Waals surface area contributed by atoms with E-state index in [4.69, 9.17) is 8.85 Å². The van der Waals surface area contributed by atoms with Gasteiger partial charge in [-0.1, -0.05) is 6.42 Å². The lowest BCUT2D eigenvalue weighted by Crippen LogP contribution is -2.46. The second-order valence-electron chi connectivity index (χ2n) is 7.52. The van der Waals surface area contributed by atoms with Gasteiger partial charge in [-0.25, -0.2) is 0 Å². The Bertz CT molecular complexity index is 602. The third kappa shape index (κ3) is 9.50. The van der Waals surface area contributed by atoms with Gasteiger partial charge in [0.15, 0.2) is 0 Å². The Hall–Kier alpha value is -1.10. The van der Waals surface area contributed by atoms with Crippen LogP contribution in [0.25, 0.3) is 0 Å². The van der Waals surface area contributed by atoms with Crippen LogP contribution in [0.1, 0.15) is 63.6 Å². The van der Waals surface area contributed by atoms with E-state index in [9.17, 15) is 31.1 Å². The van der Waals surface area contributed by atoms with Crippen molar-refractivity contribution in [2.24, 2.45) is 0 Å². The summed E-state index contributed by atoms with van der Waals surface area (Å²) >= 11 is 0. The second-order valence-corrected chi connectivity index (χ2v) is 9.92. The molecule has 10 heteroatoms. The van der Waals surface area contributed by atoms with Crippen molar-refractivity contribution in [2.75, 3.05) is 0 Å². The lowest BCUT2D eigenvalue weighted by molar-refractivity contribution is -0.143. The van der Waals surface area contributed by atoms with Crippen molar-refractivity contribution in [3.63, 3.8) is 0 Å². The van der Waals surface area contributed by atoms with E-state index in [-0.39, 0.29) is 36.3 Å². The van der Waals surface area contributed by atoms with Crippen LogP contribution in [0.15, 0.2) is 18.2 Å². The van der Waals surface area contributed by atoms with Gasteiger partial charge in [0, 0.05) is 18.3 Å². The maximum atomic E-state index is 12.9. The molecule has 0 aromatic heterocycles. The highest BCUT2D eigenvalue weighted by Gasteiger charge is 2.39. The summed E-state index contributed by atoms with van der Waals surface area (Å²) in [5.41, 5.74) is -2.63. The summed E-state index contributed by atoms with van der Waals surface area (Å²) in [5.74, 6) is 0. The molecule has 3 nitrogen and oxygen atoms in total. The predicted molar refractivity (Wildman–Crippen MR) is 99.2 cm³/mol. The lowest BCUT2D eigenvalue weighted by atomic mass is 10.0. The SMILES string of the molecule is CC(C)O[Si](O)(CCCCCc1cc(C(F)(F)F)cc(C(F)(F)F)c1)OC(C)C. The van der Waals surface area contributed by atoms with Crippen molar-refractivity contribution in [2.45, 2.75) is 84.0 Å². The van der Waals surface area contributed by atoms with E-state index in [0.29, 0.717) is 19.3 Å². The summed E-state index contributed by atoms with van der Waals surface area (Å²) in [6.45, 7) is 7.09. The van der Waals surface area contributed by atoms with Crippen LogP contribution < -0.4 is 0 Å². The maximum Gasteiger partial charge on any atom is 0.498 e. The number of benzene rings is 1. The lowest BCUT2D eigenvalue weighted by Gasteiger charge is -2.28. The molecule has 0 amide bonds. The van der Waals surface area contributed by atoms with Gasteiger partial charge in [0.05, 0.1) is 11.1 Å². The van der Waals surface area contributed by atoms with Crippen LogP contribution in [-0.4, -0.2) is 25.8 Å². The van der Waals surface area contributed by atoms with Crippen LogP contribution in [0.4, 0.5) is 26.3 Å². The minimum atomic E-state index is -4.85. The maximum absolute atomic E-state index is 12.9. The number of aryl methyl sites for hydroxylation is 1. The van der Waals surface area contributed by atoms with Gasteiger partial charge < -0.3 is 13.6 Å². The molecule has 0 radical (unpaired) electrons. The van der Waals surface area contributed by atoms with Crippen molar-refractivity contribution in [1.82, 2.24) is 0 Å². The highest BCUT2D eigenvalue weighted by atomic mass is 28.4. The van der Waals surface area contributed by atoms with Crippen LogP contribution in [0.5, 0.6) is 0 Å². The fourth-order valence-electron chi connectivity index (χ4n) is 2.90. The topological polar surface area (TPSA) is 38.7 Å². The number of unbranched alkanes of at least 4 members (excludes halogenated alkanes) is 2. The Morgan fingerprint density at radius 1 is 0.793 bits per heavy atom. The first-order valence-electron chi connectivity index (χ1n) is 9.49. The fourth-order valence-corrected chi connectivity index (χ4v) is 5.36. The number of alkyl halides is 6. The smallest absolute Gasteiger partial charge is 0.390 e. The average Bonchev–Trinajstić information content (AvgIpc) is 2.50. The molecule has 0 aliphatic carbocycles. The monoisotopic (exact) mass is 446 g/mol. The van der Waals surface area contributed by atoms with Crippen LogP contribution in [0.2, 0.25) is 6.04 Å². The molecule has 0 fully saturated rings. The minimum Gasteiger partial charge on any atom is -0.390 e. The van der Waals surface area contributed by atoms with E-state index < -0.39 is 32.3 Å². The molecule has 0 spiro atoms. The Balaban J connectivity index is 2.71. The van der Waals surface area contributed by atoms with Gasteiger partial charge in [-0.15, -0.1) is 0 Å². The molecular formula is C19H28F6O3Si. The van der Waals surface area contributed by atoms with Gasteiger partial charge in [0.2, 0.25) is 0 Å². The van der Waals surface area contributed by atoms with Crippen molar-refractivity contribution >= 4 is 8.80 Å². The zero-order chi connectivity index (χ0) is 22.5. The average molecular weight is 447 g/mol. The number of hydrogen-bond donors (Lipinski definition) is 1. The first-order valence-corrected chi connectivity index (χ1v) is 11.5. The fraction of sp³-hybridized carbons (Fsp3) is 0.684. The molecule has 1 aromatic rings.